The summed E-state index contributed by atoms with van der Waals surface area (Å²) in [7, 11) is 0. The fourth-order valence-electron chi connectivity index (χ4n) is 2.67. The number of piperidine rings is 1. The first-order chi connectivity index (χ1) is 10.4. The number of nitro groups is 1. The molecule has 1 fully saturated rings. The minimum absolute atomic E-state index is 0.0155. The Hall–Kier alpha value is -2.15. The van der Waals surface area contributed by atoms with E-state index in [9.17, 15) is 20.0 Å². The number of carbonyl (C=O) groups excluding carboxylic acids is 1. The molecule has 1 aromatic carbocycles. The van der Waals surface area contributed by atoms with Gasteiger partial charge < -0.3 is 15.3 Å². The molecule has 1 aliphatic heterocycles. The van der Waals surface area contributed by atoms with E-state index in [1.54, 1.807) is 30.9 Å². The Balaban J connectivity index is 2.05. The number of nitrogens with one attached hydrogen (secondary N) is 1. The second kappa shape index (κ2) is 6.74. The highest BCUT2D eigenvalue weighted by atomic mass is 16.6. The topological polar surface area (TPSA) is 95.7 Å². The summed E-state index contributed by atoms with van der Waals surface area (Å²) < 4.78 is 0. The van der Waals surface area contributed by atoms with E-state index in [1.165, 1.54) is 6.07 Å². The summed E-state index contributed by atoms with van der Waals surface area (Å²) in [5, 5.41) is 23.3. The molecule has 2 atom stereocenters. The van der Waals surface area contributed by atoms with Crippen molar-refractivity contribution in [1.82, 2.24) is 4.90 Å². The Bertz CT molecular complexity index is 574. The second-order valence-electron chi connectivity index (χ2n) is 5.78. The number of amides is 2. The van der Waals surface area contributed by atoms with E-state index >= 15 is 0 Å². The molecule has 7 nitrogen and oxygen atoms in total. The predicted octanol–water partition coefficient (Wildman–Crippen LogP) is 2.53. The zero-order valence-electron chi connectivity index (χ0n) is 12.8. The first-order valence-electron chi connectivity index (χ1n) is 7.37. The number of aryl methyl sites for hydroxylation is 1. The zero-order chi connectivity index (χ0) is 16.3. The van der Waals surface area contributed by atoms with Crippen molar-refractivity contribution in [3.05, 3.63) is 33.9 Å². The van der Waals surface area contributed by atoms with E-state index in [1.807, 2.05) is 0 Å². The summed E-state index contributed by atoms with van der Waals surface area (Å²) in [6.45, 7) is 4.51. The second-order valence-corrected chi connectivity index (χ2v) is 5.78. The minimum Gasteiger partial charge on any atom is -0.393 e. The van der Waals surface area contributed by atoms with Gasteiger partial charge in [0, 0.05) is 36.3 Å². The summed E-state index contributed by atoms with van der Waals surface area (Å²) in [5.74, 6) is 0.0758. The molecule has 1 heterocycles. The monoisotopic (exact) mass is 307 g/mol. The fraction of sp³-hybridized carbons (Fsp3) is 0.533. The smallest absolute Gasteiger partial charge is 0.321 e. The number of urea groups is 1. The molecule has 0 aromatic heterocycles. The Labute approximate surface area is 129 Å². The number of anilines is 1. The molecule has 0 saturated carbocycles. The maximum Gasteiger partial charge on any atom is 0.321 e. The summed E-state index contributed by atoms with van der Waals surface area (Å²) in [6, 6.07) is 4.34. The molecule has 0 spiro atoms. The van der Waals surface area contributed by atoms with Gasteiger partial charge in [-0.25, -0.2) is 4.79 Å². The van der Waals surface area contributed by atoms with Crippen LogP contribution in [0.25, 0.3) is 0 Å². The van der Waals surface area contributed by atoms with E-state index in [0.29, 0.717) is 24.3 Å². The van der Waals surface area contributed by atoms with Crippen molar-refractivity contribution in [2.24, 2.45) is 5.92 Å². The van der Waals surface area contributed by atoms with Gasteiger partial charge in [0.1, 0.15) is 0 Å². The van der Waals surface area contributed by atoms with Gasteiger partial charge in [0.2, 0.25) is 0 Å². The Morgan fingerprint density at radius 2 is 2.27 bits per heavy atom. The maximum absolute atomic E-state index is 12.3. The van der Waals surface area contributed by atoms with Crippen LogP contribution >= 0.6 is 0 Å². The van der Waals surface area contributed by atoms with Crippen molar-refractivity contribution in [2.45, 2.75) is 32.8 Å². The third kappa shape index (κ3) is 3.73. The predicted molar refractivity (Wildman–Crippen MR) is 82.8 cm³/mol. The molecular weight excluding hydrogens is 286 g/mol. The van der Waals surface area contributed by atoms with Crippen LogP contribution < -0.4 is 5.32 Å². The van der Waals surface area contributed by atoms with Gasteiger partial charge in [-0.15, -0.1) is 0 Å². The van der Waals surface area contributed by atoms with Crippen LogP contribution in [-0.2, 0) is 0 Å². The van der Waals surface area contributed by atoms with Crippen LogP contribution in [0.2, 0.25) is 0 Å². The molecular formula is C15H21N3O4. The molecule has 2 unspecified atom stereocenters. The molecule has 2 N–H and O–H groups in total. The number of rotatable bonds is 3. The zero-order valence-corrected chi connectivity index (χ0v) is 12.8. The van der Waals surface area contributed by atoms with Crippen molar-refractivity contribution in [2.75, 3.05) is 18.4 Å². The Morgan fingerprint density at radius 3 is 2.91 bits per heavy atom. The molecule has 120 valence electrons. The number of nitro benzene ring substituents is 1. The molecule has 2 rings (SSSR count). The Kier molecular flexibility index (Phi) is 4.97. The number of aliphatic hydroxyl groups is 1. The number of nitrogens with zero attached hydrogens (tertiary/aromatic N) is 2. The first-order valence-corrected chi connectivity index (χ1v) is 7.37. The molecule has 0 aliphatic carbocycles. The lowest BCUT2D eigenvalue weighted by atomic mass is 9.94. The standard InChI is InChI=1S/C15H21N3O4/c1-10-5-6-13(8-14(10)18(21)22)16-15(20)17-7-3-4-12(9-17)11(2)19/h5-6,8,11-12,19H,3-4,7,9H2,1-2H3,(H,16,20). The number of carbonyl (C=O) groups is 1. The van der Waals surface area contributed by atoms with Crippen LogP contribution in [0.5, 0.6) is 0 Å². The average molecular weight is 307 g/mol. The Morgan fingerprint density at radius 1 is 1.55 bits per heavy atom. The largest absolute Gasteiger partial charge is 0.393 e. The lowest BCUT2D eigenvalue weighted by molar-refractivity contribution is -0.385. The summed E-state index contributed by atoms with van der Waals surface area (Å²) >= 11 is 0. The number of hydrogen-bond acceptors (Lipinski definition) is 4. The summed E-state index contributed by atoms with van der Waals surface area (Å²) in [6.07, 6.45) is 1.30. The normalized spacial score (nSPS) is 19.6. The maximum atomic E-state index is 12.3. The fourth-order valence-corrected chi connectivity index (χ4v) is 2.67. The van der Waals surface area contributed by atoms with Crippen LogP contribution in [0.3, 0.4) is 0 Å². The molecule has 0 bridgehead atoms. The average Bonchev–Trinajstić information content (AvgIpc) is 2.49. The van der Waals surface area contributed by atoms with E-state index in [4.69, 9.17) is 0 Å². The first kappa shape index (κ1) is 16.2. The van der Waals surface area contributed by atoms with Crippen molar-refractivity contribution < 1.29 is 14.8 Å². The number of hydrogen-bond donors (Lipinski definition) is 2. The van der Waals surface area contributed by atoms with E-state index in [0.717, 1.165) is 12.8 Å². The molecule has 1 saturated heterocycles. The summed E-state index contributed by atoms with van der Waals surface area (Å²) in [4.78, 5) is 24.4. The SMILES string of the molecule is Cc1ccc(NC(=O)N2CCCC(C(C)O)C2)cc1[N+](=O)[O-]. The van der Waals surface area contributed by atoms with E-state index in [2.05, 4.69) is 5.32 Å². The van der Waals surface area contributed by atoms with Crippen LogP contribution in [0.4, 0.5) is 16.2 Å². The molecule has 0 radical (unpaired) electrons. The van der Waals surface area contributed by atoms with Gasteiger partial charge in [-0.05, 0) is 32.8 Å². The van der Waals surface area contributed by atoms with Gasteiger partial charge in [0.15, 0.2) is 0 Å². The van der Waals surface area contributed by atoms with E-state index in [-0.39, 0.29) is 17.6 Å². The molecule has 2 amide bonds. The van der Waals surface area contributed by atoms with Crippen LogP contribution in [0, 0.1) is 23.0 Å². The highest BCUT2D eigenvalue weighted by Crippen LogP contribution is 2.24. The van der Waals surface area contributed by atoms with Gasteiger partial charge in [0.25, 0.3) is 5.69 Å². The van der Waals surface area contributed by atoms with Crippen LogP contribution in [-0.4, -0.2) is 40.2 Å². The third-order valence-corrected chi connectivity index (χ3v) is 4.08. The summed E-state index contributed by atoms with van der Waals surface area (Å²) in [5.41, 5.74) is 0.940. The number of likely N-dealkylation sites (tertiary alicyclic amines) is 1. The number of aliphatic hydroxyl groups excluding tert-OH is 1. The van der Waals surface area contributed by atoms with Crippen LogP contribution in [0.15, 0.2) is 18.2 Å². The van der Waals surface area contributed by atoms with Crippen LogP contribution in [0.1, 0.15) is 25.3 Å². The van der Waals surface area contributed by atoms with Gasteiger partial charge in [-0.3, -0.25) is 10.1 Å². The number of benzene rings is 1. The molecule has 1 aliphatic rings. The molecule has 7 heteroatoms. The lowest BCUT2D eigenvalue weighted by Gasteiger charge is -2.34. The molecule has 22 heavy (non-hydrogen) atoms. The van der Waals surface area contributed by atoms with Crippen molar-refractivity contribution >= 4 is 17.4 Å². The van der Waals surface area contributed by atoms with Crippen molar-refractivity contribution in [1.29, 1.82) is 0 Å². The van der Waals surface area contributed by atoms with Gasteiger partial charge >= 0.3 is 6.03 Å². The molecule has 1 aromatic rings. The third-order valence-electron chi connectivity index (χ3n) is 4.08. The van der Waals surface area contributed by atoms with Gasteiger partial charge in [-0.2, -0.15) is 0 Å². The highest BCUT2D eigenvalue weighted by Gasteiger charge is 2.26. The minimum atomic E-state index is -0.463. The van der Waals surface area contributed by atoms with Crippen molar-refractivity contribution in [3.63, 3.8) is 0 Å². The highest BCUT2D eigenvalue weighted by molar-refractivity contribution is 5.89. The quantitative estimate of drug-likeness (QED) is 0.662. The lowest BCUT2D eigenvalue weighted by Crippen LogP contribution is -2.44. The van der Waals surface area contributed by atoms with Gasteiger partial charge in [0.05, 0.1) is 11.0 Å². The van der Waals surface area contributed by atoms with E-state index < -0.39 is 11.0 Å². The van der Waals surface area contributed by atoms with Crippen molar-refractivity contribution in [3.8, 4) is 0 Å². The van der Waals surface area contributed by atoms with Gasteiger partial charge in [-0.1, -0.05) is 6.07 Å².